The van der Waals surface area contributed by atoms with Crippen LogP contribution in [0.2, 0.25) is 0 Å². The molecule has 5 heteroatoms. The predicted octanol–water partition coefficient (Wildman–Crippen LogP) is 3.10. The van der Waals surface area contributed by atoms with Gasteiger partial charge in [-0.1, -0.05) is 42.0 Å². The van der Waals surface area contributed by atoms with Crippen LogP contribution < -0.4 is 15.4 Å². The van der Waals surface area contributed by atoms with E-state index in [1.165, 1.54) is 5.56 Å². The Labute approximate surface area is 156 Å². The van der Waals surface area contributed by atoms with Crippen LogP contribution in [0.3, 0.4) is 0 Å². The summed E-state index contributed by atoms with van der Waals surface area (Å²) < 4.78 is 5.43. The van der Waals surface area contributed by atoms with Gasteiger partial charge in [0.15, 0.2) is 5.96 Å². The summed E-state index contributed by atoms with van der Waals surface area (Å²) in [6.45, 7) is 7.72. The Morgan fingerprint density at radius 3 is 2.42 bits per heavy atom. The summed E-state index contributed by atoms with van der Waals surface area (Å²) in [5.74, 6) is 1.51. The van der Waals surface area contributed by atoms with Crippen molar-refractivity contribution in [3.63, 3.8) is 0 Å². The number of hydrogen-bond acceptors (Lipinski definition) is 3. The molecule has 0 heterocycles. The first-order valence-electron chi connectivity index (χ1n) is 8.93. The van der Waals surface area contributed by atoms with Crippen LogP contribution in [0.5, 0.6) is 5.75 Å². The number of guanidine groups is 1. The average Bonchev–Trinajstić information content (AvgIpc) is 2.65. The van der Waals surface area contributed by atoms with Crippen LogP contribution in [0.15, 0.2) is 47.5 Å². The van der Waals surface area contributed by atoms with E-state index in [4.69, 9.17) is 4.74 Å². The van der Waals surface area contributed by atoms with Crippen molar-refractivity contribution in [2.75, 3.05) is 20.2 Å². The van der Waals surface area contributed by atoms with Crippen molar-refractivity contribution in [3.05, 3.63) is 64.7 Å². The van der Waals surface area contributed by atoms with Gasteiger partial charge in [-0.05, 0) is 38.0 Å². The molecule has 0 saturated carbocycles. The summed E-state index contributed by atoms with van der Waals surface area (Å²) in [7, 11) is 1.67. The van der Waals surface area contributed by atoms with Gasteiger partial charge < -0.3 is 20.5 Å². The maximum Gasteiger partial charge on any atom is 0.191 e. The van der Waals surface area contributed by atoms with Crippen LogP contribution in [0.25, 0.3) is 0 Å². The zero-order valence-electron chi connectivity index (χ0n) is 16.0. The van der Waals surface area contributed by atoms with Gasteiger partial charge in [0, 0.05) is 18.7 Å². The largest absolute Gasteiger partial charge is 0.496 e. The summed E-state index contributed by atoms with van der Waals surface area (Å²) in [4.78, 5) is 4.61. The van der Waals surface area contributed by atoms with Gasteiger partial charge in [0.1, 0.15) is 5.75 Å². The molecular formula is C21H29N3O2. The first-order chi connectivity index (χ1) is 12.5. The van der Waals surface area contributed by atoms with E-state index in [0.717, 1.165) is 29.0 Å². The van der Waals surface area contributed by atoms with Crippen molar-refractivity contribution in [1.82, 2.24) is 10.6 Å². The molecule has 3 N–H and O–H groups in total. The highest BCUT2D eigenvalue weighted by Crippen LogP contribution is 2.20. The summed E-state index contributed by atoms with van der Waals surface area (Å²) in [6, 6.07) is 14.0. The number of aliphatic hydroxyl groups excluding tert-OH is 1. The number of aliphatic imine (C=N–C) groups is 1. The van der Waals surface area contributed by atoms with Gasteiger partial charge in [-0.25, -0.2) is 4.99 Å². The van der Waals surface area contributed by atoms with Crippen molar-refractivity contribution < 1.29 is 9.84 Å². The summed E-state index contributed by atoms with van der Waals surface area (Å²) >= 11 is 0. The number of aryl methyl sites for hydroxylation is 2. The normalized spacial score (nSPS) is 12.6. The first-order valence-corrected chi connectivity index (χ1v) is 8.93. The topological polar surface area (TPSA) is 65.9 Å². The van der Waals surface area contributed by atoms with E-state index in [-0.39, 0.29) is 0 Å². The molecule has 140 valence electrons. The lowest BCUT2D eigenvalue weighted by Crippen LogP contribution is -2.39. The van der Waals surface area contributed by atoms with E-state index >= 15 is 0 Å². The highest BCUT2D eigenvalue weighted by Gasteiger charge is 2.09. The highest BCUT2D eigenvalue weighted by atomic mass is 16.5. The minimum atomic E-state index is -0.589. The fourth-order valence-electron chi connectivity index (χ4n) is 2.59. The Kier molecular flexibility index (Phi) is 7.48. The number of rotatable bonds is 7. The van der Waals surface area contributed by atoms with Gasteiger partial charge in [0.2, 0.25) is 0 Å². The molecular weight excluding hydrogens is 326 g/mol. The smallest absolute Gasteiger partial charge is 0.191 e. The molecule has 0 amide bonds. The lowest BCUT2D eigenvalue weighted by atomic mass is 10.1. The van der Waals surface area contributed by atoms with E-state index in [9.17, 15) is 5.11 Å². The average molecular weight is 355 g/mol. The first kappa shape index (κ1) is 19.8. The van der Waals surface area contributed by atoms with Crippen LogP contribution in [0.4, 0.5) is 0 Å². The standard InChI is InChI=1S/C21H29N3O2/c1-5-22-21(23-13-18-11-8-16(3)12-20(18)26-4)24-14-19(25)17-9-6-15(2)7-10-17/h6-12,19,25H,5,13-14H2,1-4H3,(H2,22,23,24). The third kappa shape index (κ3) is 5.77. The minimum absolute atomic E-state index is 0.389. The van der Waals surface area contributed by atoms with Crippen molar-refractivity contribution in [1.29, 1.82) is 0 Å². The number of hydrogen-bond donors (Lipinski definition) is 3. The third-order valence-corrected chi connectivity index (χ3v) is 4.12. The molecule has 0 aliphatic heterocycles. The fraction of sp³-hybridized carbons (Fsp3) is 0.381. The zero-order chi connectivity index (χ0) is 18.9. The SMILES string of the molecule is CCNC(=NCc1ccc(C)cc1OC)NCC(O)c1ccc(C)cc1. The maximum atomic E-state index is 10.4. The lowest BCUT2D eigenvalue weighted by molar-refractivity contribution is 0.181. The Morgan fingerprint density at radius 2 is 1.77 bits per heavy atom. The second-order valence-electron chi connectivity index (χ2n) is 6.32. The summed E-state index contributed by atoms with van der Waals surface area (Å²) in [5, 5.41) is 16.8. The molecule has 2 rings (SSSR count). The molecule has 5 nitrogen and oxygen atoms in total. The van der Waals surface area contributed by atoms with E-state index in [1.54, 1.807) is 7.11 Å². The van der Waals surface area contributed by atoms with Crippen LogP contribution >= 0.6 is 0 Å². The van der Waals surface area contributed by atoms with Crippen LogP contribution in [-0.2, 0) is 6.54 Å². The molecule has 1 atom stereocenters. The second kappa shape index (κ2) is 9.82. The van der Waals surface area contributed by atoms with Gasteiger partial charge in [-0.3, -0.25) is 0 Å². The Balaban J connectivity index is 2.01. The Hall–Kier alpha value is -2.53. The van der Waals surface area contributed by atoms with E-state index in [0.29, 0.717) is 19.0 Å². The Morgan fingerprint density at radius 1 is 1.08 bits per heavy atom. The molecule has 0 fully saturated rings. The molecule has 0 aliphatic carbocycles. The van der Waals surface area contributed by atoms with Crippen LogP contribution in [0.1, 0.15) is 35.3 Å². The van der Waals surface area contributed by atoms with E-state index < -0.39 is 6.10 Å². The van der Waals surface area contributed by atoms with Crippen molar-refractivity contribution in [2.24, 2.45) is 4.99 Å². The number of ether oxygens (including phenoxy) is 1. The third-order valence-electron chi connectivity index (χ3n) is 4.12. The second-order valence-corrected chi connectivity index (χ2v) is 6.32. The Bertz CT molecular complexity index is 727. The molecule has 0 bridgehead atoms. The molecule has 0 radical (unpaired) electrons. The monoisotopic (exact) mass is 355 g/mol. The fourth-order valence-corrected chi connectivity index (χ4v) is 2.59. The maximum absolute atomic E-state index is 10.4. The lowest BCUT2D eigenvalue weighted by Gasteiger charge is -2.16. The molecule has 0 aliphatic rings. The highest BCUT2D eigenvalue weighted by molar-refractivity contribution is 5.79. The van der Waals surface area contributed by atoms with Crippen molar-refractivity contribution >= 4 is 5.96 Å². The van der Waals surface area contributed by atoms with Crippen LogP contribution in [-0.4, -0.2) is 31.3 Å². The van der Waals surface area contributed by atoms with Gasteiger partial charge in [-0.15, -0.1) is 0 Å². The molecule has 26 heavy (non-hydrogen) atoms. The molecule has 0 aromatic heterocycles. The van der Waals surface area contributed by atoms with Gasteiger partial charge >= 0.3 is 0 Å². The number of nitrogens with one attached hydrogen (secondary N) is 2. The van der Waals surface area contributed by atoms with E-state index in [2.05, 4.69) is 21.7 Å². The minimum Gasteiger partial charge on any atom is -0.496 e. The molecule has 2 aromatic rings. The number of methoxy groups -OCH3 is 1. The van der Waals surface area contributed by atoms with Gasteiger partial charge in [-0.2, -0.15) is 0 Å². The molecule has 0 spiro atoms. The van der Waals surface area contributed by atoms with Crippen LogP contribution in [0, 0.1) is 13.8 Å². The summed E-state index contributed by atoms with van der Waals surface area (Å²) in [5.41, 5.74) is 4.24. The number of aliphatic hydroxyl groups is 1. The van der Waals surface area contributed by atoms with Crippen molar-refractivity contribution in [3.8, 4) is 5.75 Å². The molecule has 0 saturated heterocycles. The predicted molar refractivity (Wildman–Crippen MR) is 107 cm³/mol. The summed E-state index contributed by atoms with van der Waals surface area (Å²) in [6.07, 6.45) is -0.589. The zero-order valence-corrected chi connectivity index (χ0v) is 16.0. The molecule has 2 aromatic carbocycles. The number of benzene rings is 2. The van der Waals surface area contributed by atoms with Crippen molar-refractivity contribution in [2.45, 2.75) is 33.4 Å². The quantitative estimate of drug-likeness (QED) is 0.527. The van der Waals surface area contributed by atoms with Gasteiger partial charge in [0.25, 0.3) is 0 Å². The number of nitrogens with zero attached hydrogens (tertiary/aromatic N) is 1. The van der Waals surface area contributed by atoms with Gasteiger partial charge in [0.05, 0.1) is 19.8 Å². The molecule has 1 unspecified atom stereocenters. The van der Waals surface area contributed by atoms with E-state index in [1.807, 2.05) is 57.2 Å².